The molecule has 0 aliphatic rings. The lowest BCUT2D eigenvalue weighted by atomic mass is 9.99. The van der Waals surface area contributed by atoms with Gasteiger partial charge in [0.05, 0.1) is 25.1 Å². The summed E-state index contributed by atoms with van der Waals surface area (Å²) in [6.07, 6.45) is 8.87. The second kappa shape index (κ2) is 14.4. The third kappa shape index (κ3) is 7.86. The summed E-state index contributed by atoms with van der Waals surface area (Å²) >= 11 is 0. The zero-order valence-corrected chi connectivity index (χ0v) is 24.0. The quantitative estimate of drug-likeness (QED) is 0.155. The maximum absolute atomic E-state index is 6.32. The predicted octanol–water partition coefficient (Wildman–Crippen LogP) is 9.29. The summed E-state index contributed by atoms with van der Waals surface area (Å²) in [5.41, 5.74) is 7.34. The van der Waals surface area contributed by atoms with Gasteiger partial charge in [-0.25, -0.2) is 4.98 Å². The van der Waals surface area contributed by atoms with E-state index in [9.17, 15) is 0 Å². The molecule has 39 heavy (non-hydrogen) atoms. The van der Waals surface area contributed by atoms with Crippen LogP contribution in [-0.4, -0.2) is 32.8 Å². The van der Waals surface area contributed by atoms with Crippen molar-refractivity contribution in [1.29, 1.82) is 0 Å². The molecule has 0 fully saturated rings. The molecule has 0 bridgehead atoms. The Labute approximate surface area is 234 Å². The first-order valence-corrected chi connectivity index (χ1v) is 14.3. The van der Waals surface area contributed by atoms with Crippen molar-refractivity contribution in [3.8, 4) is 45.1 Å². The summed E-state index contributed by atoms with van der Waals surface area (Å²) < 4.78 is 11.7. The molecular weight excluding hydrogens is 480 g/mol. The molecule has 4 heteroatoms. The molecule has 1 heterocycles. The summed E-state index contributed by atoms with van der Waals surface area (Å²) in [4.78, 5) is 7.23. The van der Waals surface area contributed by atoms with Crippen LogP contribution in [0.1, 0.15) is 51.9 Å². The number of aromatic nitrogens is 1. The number of rotatable bonds is 14. The molecule has 4 aromatic rings. The summed E-state index contributed by atoms with van der Waals surface area (Å²) in [6, 6.07) is 29.4. The molecule has 0 saturated heterocycles. The van der Waals surface area contributed by atoms with Gasteiger partial charge in [-0.2, -0.15) is 0 Å². The fraction of sp³-hybridized carbons (Fsp3) is 0.343. The van der Waals surface area contributed by atoms with Gasteiger partial charge < -0.3 is 14.4 Å². The van der Waals surface area contributed by atoms with Gasteiger partial charge in [-0.3, -0.25) is 0 Å². The Balaban J connectivity index is 1.62. The molecule has 4 nitrogen and oxygen atoms in total. The Bertz CT molecular complexity index is 1300. The Morgan fingerprint density at radius 3 is 2.00 bits per heavy atom. The summed E-state index contributed by atoms with van der Waals surface area (Å²) in [5.74, 6) is 1.72. The molecule has 204 valence electrons. The predicted molar refractivity (Wildman–Crippen MR) is 165 cm³/mol. The zero-order chi connectivity index (χ0) is 27.5. The molecule has 0 unspecified atom stereocenters. The average Bonchev–Trinajstić information content (AvgIpc) is 2.98. The monoisotopic (exact) mass is 522 g/mol. The van der Waals surface area contributed by atoms with Gasteiger partial charge in [0.15, 0.2) is 0 Å². The van der Waals surface area contributed by atoms with Gasteiger partial charge in [-0.1, -0.05) is 69.7 Å². The number of ether oxygens (including phenoxy) is 2. The SMILES string of the molecule is CCCCCCCCCOc1ccccc1-c1cc(-c2ccc(N(C)C)cc2)cc(-c2ccc(OC)cc2)n1. The third-order valence-electron chi connectivity index (χ3n) is 7.10. The van der Waals surface area contributed by atoms with Crippen molar-refractivity contribution in [1.82, 2.24) is 4.98 Å². The van der Waals surface area contributed by atoms with E-state index < -0.39 is 0 Å². The van der Waals surface area contributed by atoms with E-state index >= 15 is 0 Å². The van der Waals surface area contributed by atoms with Crippen LogP contribution in [0.4, 0.5) is 5.69 Å². The van der Waals surface area contributed by atoms with Gasteiger partial charge in [0.2, 0.25) is 0 Å². The van der Waals surface area contributed by atoms with E-state index in [-0.39, 0.29) is 0 Å². The minimum atomic E-state index is 0.724. The minimum absolute atomic E-state index is 0.724. The summed E-state index contributed by atoms with van der Waals surface area (Å²) in [5, 5.41) is 0. The minimum Gasteiger partial charge on any atom is -0.497 e. The normalized spacial score (nSPS) is 10.9. The molecule has 3 aromatic carbocycles. The molecule has 0 spiro atoms. The Morgan fingerprint density at radius 2 is 1.31 bits per heavy atom. The zero-order valence-electron chi connectivity index (χ0n) is 24.0. The topological polar surface area (TPSA) is 34.6 Å². The summed E-state index contributed by atoms with van der Waals surface area (Å²) in [6.45, 7) is 2.98. The number of benzene rings is 3. The lowest BCUT2D eigenvalue weighted by molar-refractivity contribution is 0.305. The highest BCUT2D eigenvalue weighted by Crippen LogP contribution is 2.35. The standard InChI is InChI=1S/C35H42N2O2/c1-5-6-7-8-9-10-13-24-39-35-15-12-11-14-32(35)34-26-29(27-16-20-30(21-17-27)37(2)3)25-33(36-34)28-18-22-31(38-4)23-19-28/h11-12,14-23,25-26H,5-10,13,24H2,1-4H3. The number of hydrogen-bond acceptors (Lipinski definition) is 4. The van der Waals surface area contributed by atoms with Crippen LogP contribution in [0.25, 0.3) is 33.6 Å². The molecule has 0 atom stereocenters. The number of unbranched alkanes of at least 4 members (excludes halogenated alkanes) is 6. The second-order valence-corrected chi connectivity index (χ2v) is 10.3. The number of nitrogens with zero attached hydrogens (tertiary/aromatic N) is 2. The highest BCUT2D eigenvalue weighted by Gasteiger charge is 2.13. The van der Waals surface area contributed by atoms with Gasteiger partial charge in [0.25, 0.3) is 0 Å². The van der Waals surface area contributed by atoms with Crippen LogP contribution in [0.15, 0.2) is 84.9 Å². The number of hydrogen-bond donors (Lipinski definition) is 0. The lowest BCUT2D eigenvalue weighted by Crippen LogP contribution is -2.07. The molecule has 4 rings (SSSR count). The van der Waals surface area contributed by atoms with E-state index in [1.54, 1.807) is 7.11 Å². The molecule has 0 saturated carbocycles. The van der Waals surface area contributed by atoms with Gasteiger partial charge in [0, 0.05) is 30.9 Å². The molecule has 0 aliphatic carbocycles. The van der Waals surface area contributed by atoms with Crippen molar-refractivity contribution >= 4 is 5.69 Å². The maximum Gasteiger partial charge on any atom is 0.128 e. The molecule has 0 N–H and O–H groups in total. The van der Waals surface area contributed by atoms with Crippen LogP contribution in [0.2, 0.25) is 0 Å². The van der Waals surface area contributed by atoms with E-state index in [0.717, 1.165) is 58.2 Å². The van der Waals surface area contributed by atoms with Crippen molar-refractivity contribution in [2.45, 2.75) is 51.9 Å². The Kier molecular flexibility index (Phi) is 10.4. The van der Waals surface area contributed by atoms with Crippen LogP contribution in [0.5, 0.6) is 11.5 Å². The van der Waals surface area contributed by atoms with E-state index in [1.807, 2.05) is 18.2 Å². The molecule has 1 aromatic heterocycles. The summed E-state index contributed by atoms with van der Waals surface area (Å²) in [7, 11) is 5.81. The fourth-order valence-electron chi connectivity index (χ4n) is 4.74. The number of pyridine rings is 1. The van der Waals surface area contributed by atoms with Crippen LogP contribution in [0.3, 0.4) is 0 Å². The number of anilines is 1. The smallest absolute Gasteiger partial charge is 0.128 e. The van der Waals surface area contributed by atoms with Gasteiger partial charge in [0.1, 0.15) is 11.5 Å². The number of methoxy groups -OCH3 is 1. The van der Waals surface area contributed by atoms with Gasteiger partial charge in [-0.15, -0.1) is 0 Å². The number of para-hydroxylation sites is 1. The van der Waals surface area contributed by atoms with E-state index in [1.165, 1.54) is 44.2 Å². The van der Waals surface area contributed by atoms with Crippen molar-refractivity contribution in [2.24, 2.45) is 0 Å². The molecule has 0 radical (unpaired) electrons. The lowest BCUT2D eigenvalue weighted by Gasteiger charge is -2.15. The Morgan fingerprint density at radius 1 is 0.667 bits per heavy atom. The fourth-order valence-corrected chi connectivity index (χ4v) is 4.74. The first kappa shape index (κ1) is 28.2. The van der Waals surface area contributed by atoms with Crippen LogP contribution < -0.4 is 14.4 Å². The van der Waals surface area contributed by atoms with E-state index in [2.05, 4.69) is 92.6 Å². The Hall–Kier alpha value is -3.79. The van der Waals surface area contributed by atoms with E-state index in [0.29, 0.717) is 0 Å². The van der Waals surface area contributed by atoms with Crippen LogP contribution in [0, 0.1) is 0 Å². The van der Waals surface area contributed by atoms with Crippen LogP contribution in [-0.2, 0) is 0 Å². The van der Waals surface area contributed by atoms with Gasteiger partial charge >= 0.3 is 0 Å². The second-order valence-electron chi connectivity index (χ2n) is 10.3. The maximum atomic E-state index is 6.32. The average molecular weight is 523 g/mol. The highest BCUT2D eigenvalue weighted by atomic mass is 16.5. The largest absolute Gasteiger partial charge is 0.497 e. The van der Waals surface area contributed by atoms with E-state index in [4.69, 9.17) is 14.5 Å². The van der Waals surface area contributed by atoms with Gasteiger partial charge in [-0.05, 0) is 78.2 Å². The molecular formula is C35H42N2O2. The first-order valence-electron chi connectivity index (χ1n) is 14.3. The van der Waals surface area contributed by atoms with Crippen molar-refractivity contribution in [2.75, 3.05) is 32.7 Å². The van der Waals surface area contributed by atoms with Crippen LogP contribution >= 0.6 is 0 Å². The highest BCUT2D eigenvalue weighted by molar-refractivity contribution is 5.79. The third-order valence-corrected chi connectivity index (χ3v) is 7.10. The first-order chi connectivity index (χ1) is 19.1. The van der Waals surface area contributed by atoms with Crippen molar-refractivity contribution in [3.63, 3.8) is 0 Å². The van der Waals surface area contributed by atoms with Crippen molar-refractivity contribution < 1.29 is 9.47 Å². The molecule has 0 amide bonds. The molecule has 0 aliphatic heterocycles. The van der Waals surface area contributed by atoms with Crippen molar-refractivity contribution in [3.05, 3.63) is 84.9 Å².